The van der Waals surface area contributed by atoms with E-state index >= 15 is 0 Å². The number of alkyl halides is 3. The van der Waals surface area contributed by atoms with E-state index in [0.29, 0.717) is 17.0 Å². The van der Waals surface area contributed by atoms with Crippen LogP contribution >= 0.6 is 0 Å². The number of halogens is 4. The van der Waals surface area contributed by atoms with Crippen molar-refractivity contribution in [1.29, 1.82) is 0 Å². The molecule has 3 aromatic heterocycles. The third kappa shape index (κ3) is 5.64. The number of carbonyl (C=O) groups is 2. The number of nitrogens with one attached hydrogen (secondary N) is 2. The number of benzene rings is 1. The topological polar surface area (TPSA) is 174 Å². The summed E-state index contributed by atoms with van der Waals surface area (Å²) in [5.41, 5.74) is 0.838. The molecule has 1 aliphatic heterocycles. The van der Waals surface area contributed by atoms with Crippen LogP contribution in [0.1, 0.15) is 38.8 Å². The molecule has 0 radical (unpaired) electrons. The number of anilines is 2. The Labute approximate surface area is 242 Å². The normalized spacial score (nSPS) is 15.1. The number of fused-ring (bicyclic) bond motifs is 1. The number of hydrogen-bond acceptors (Lipinski definition) is 9. The van der Waals surface area contributed by atoms with Gasteiger partial charge >= 0.3 is 6.18 Å². The van der Waals surface area contributed by atoms with Crippen molar-refractivity contribution in [3.63, 3.8) is 0 Å². The van der Waals surface area contributed by atoms with Crippen LogP contribution in [0.2, 0.25) is 0 Å². The number of rotatable bonds is 8. The molecule has 4 aromatic rings. The number of primary amides is 1. The minimum absolute atomic E-state index is 0.0197. The zero-order valence-corrected chi connectivity index (χ0v) is 23.5. The Morgan fingerprint density at radius 3 is 2.47 bits per heavy atom. The first-order valence-corrected chi connectivity index (χ1v) is 13.0. The molecule has 1 unspecified atom stereocenters. The van der Waals surface area contributed by atoms with Gasteiger partial charge in [-0.25, -0.2) is 14.4 Å². The van der Waals surface area contributed by atoms with Gasteiger partial charge < -0.3 is 26.0 Å². The third-order valence-corrected chi connectivity index (χ3v) is 6.71. The number of aliphatic hydroxyl groups is 1. The molecule has 1 aromatic carbocycles. The molecule has 0 aliphatic carbocycles. The molecular formula is C27H28F4N8O4. The van der Waals surface area contributed by atoms with Gasteiger partial charge in [0, 0.05) is 11.6 Å². The maximum absolute atomic E-state index is 14.4. The first-order valence-electron chi connectivity index (χ1n) is 13.0. The first-order chi connectivity index (χ1) is 20.2. The molecule has 1 atom stereocenters. The lowest BCUT2D eigenvalue weighted by Gasteiger charge is -2.28. The predicted molar refractivity (Wildman–Crippen MR) is 146 cm³/mol. The average Bonchev–Trinajstić information content (AvgIpc) is 3.67. The van der Waals surface area contributed by atoms with Crippen molar-refractivity contribution in [3.05, 3.63) is 59.6 Å². The van der Waals surface area contributed by atoms with Gasteiger partial charge in [0.25, 0.3) is 11.5 Å². The van der Waals surface area contributed by atoms with Gasteiger partial charge in [0.15, 0.2) is 5.82 Å². The number of nitrogens with zero attached hydrogens (tertiary/aromatic N) is 5. The summed E-state index contributed by atoms with van der Waals surface area (Å²) in [5, 5.41) is 23.3. The van der Waals surface area contributed by atoms with E-state index in [1.807, 2.05) is 13.8 Å². The van der Waals surface area contributed by atoms with Crippen molar-refractivity contribution in [2.24, 2.45) is 5.73 Å². The van der Waals surface area contributed by atoms with E-state index in [0.717, 1.165) is 0 Å². The van der Waals surface area contributed by atoms with Crippen LogP contribution < -0.4 is 16.4 Å². The van der Waals surface area contributed by atoms with Crippen molar-refractivity contribution < 1.29 is 36.8 Å². The third-order valence-electron chi connectivity index (χ3n) is 6.71. The summed E-state index contributed by atoms with van der Waals surface area (Å²) in [7, 11) is 0. The molecule has 0 saturated carbocycles. The minimum Gasteiger partial charge on any atom is -0.371 e. The zero-order chi connectivity index (χ0) is 31.7. The minimum atomic E-state index is -5.41. The highest BCUT2D eigenvalue weighted by molar-refractivity contribution is 6.06. The van der Waals surface area contributed by atoms with Crippen molar-refractivity contribution in [2.75, 3.05) is 17.2 Å². The molecule has 16 heteroatoms. The van der Waals surface area contributed by atoms with Crippen molar-refractivity contribution in [2.45, 2.75) is 51.4 Å². The Balaban J connectivity index is 0.00000207. The van der Waals surface area contributed by atoms with Crippen LogP contribution in [-0.2, 0) is 21.5 Å². The maximum Gasteiger partial charge on any atom is 0.428 e. The fourth-order valence-electron chi connectivity index (χ4n) is 4.29. The molecule has 0 fully saturated rings. The summed E-state index contributed by atoms with van der Waals surface area (Å²) in [4.78, 5) is 32.9. The van der Waals surface area contributed by atoms with Gasteiger partial charge in [-0.05, 0) is 26.0 Å². The van der Waals surface area contributed by atoms with Gasteiger partial charge in [-0.1, -0.05) is 37.2 Å². The quantitative estimate of drug-likeness (QED) is 0.219. The van der Waals surface area contributed by atoms with Gasteiger partial charge in [-0.2, -0.15) is 18.3 Å². The first kappa shape index (κ1) is 31.1. The molecule has 228 valence electrons. The number of hydrogen-bond donors (Lipinski definition) is 4. The summed E-state index contributed by atoms with van der Waals surface area (Å²) in [6.07, 6.45) is -4.09. The predicted octanol–water partition coefficient (Wildman–Crippen LogP) is 3.63. The van der Waals surface area contributed by atoms with E-state index < -0.39 is 41.4 Å². The second-order valence-electron chi connectivity index (χ2n) is 9.82. The van der Waals surface area contributed by atoms with E-state index in [9.17, 15) is 32.3 Å². The van der Waals surface area contributed by atoms with E-state index in [2.05, 4.69) is 30.9 Å². The highest BCUT2D eigenvalue weighted by atomic mass is 19.4. The molecule has 0 bridgehead atoms. The van der Waals surface area contributed by atoms with Gasteiger partial charge in [-0.15, -0.1) is 0 Å². The SMILES string of the molecule is CC.CC1(C)C(=O)Nc2nc(-c3cc(-c4ccon4)n(Cc4ccccc4F)n3)nc(NCC(O)(C(N)=O)C(F)(F)F)c21. The van der Waals surface area contributed by atoms with E-state index in [1.54, 1.807) is 18.2 Å². The van der Waals surface area contributed by atoms with Crippen LogP contribution in [0.15, 0.2) is 47.2 Å². The lowest BCUT2D eigenvalue weighted by atomic mass is 9.87. The van der Waals surface area contributed by atoms with E-state index in [1.165, 1.54) is 43.0 Å². The number of amides is 2. The Morgan fingerprint density at radius 2 is 1.86 bits per heavy atom. The van der Waals surface area contributed by atoms with Gasteiger partial charge in [0.2, 0.25) is 5.91 Å². The molecule has 0 spiro atoms. The highest BCUT2D eigenvalue weighted by Crippen LogP contribution is 2.42. The number of carbonyl (C=O) groups excluding carboxylic acids is 2. The van der Waals surface area contributed by atoms with Gasteiger partial charge in [0.05, 0.1) is 29.8 Å². The fourth-order valence-corrected chi connectivity index (χ4v) is 4.29. The summed E-state index contributed by atoms with van der Waals surface area (Å²) < 4.78 is 61.4. The standard InChI is InChI=1S/C25H22F4N8O4.C2H6/c1-23(2)17-19(31-11-24(40,21(30)38)25(27,28)29)32-18(33-20(17)34-22(23)39)15-9-16(14-7-8-41-36-14)37(35-15)10-12-5-3-4-6-13(12)26;1-2/h3-9,40H,10-11H2,1-2H3,(H2,30,38)(H2,31,32,33,34,39);1-2H3. The zero-order valence-electron chi connectivity index (χ0n) is 23.5. The summed E-state index contributed by atoms with van der Waals surface area (Å²) >= 11 is 0. The number of aromatic nitrogens is 5. The van der Waals surface area contributed by atoms with Crippen molar-refractivity contribution >= 4 is 23.5 Å². The Morgan fingerprint density at radius 1 is 1.16 bits per heavy atom. The van der Waals surface area contributed by atoms with Gasteiger partial charge in [0.1, 0.15) is 35.1 Å². The fraction of sp³-hybridized carbons (Fsp3) is 0.333. The van der Waals surface area contributed by atoms with Crippen molar-refractivity contribution in [3.8, 4) is 22.9 Å². The lowest BCUT2D eigenvalue weighted by molar-refractivity contribution is -0.245. The molecule has 4 heterocycles. The molecule has 43 heavy (non-hydrogen) atoms. The molecule has 2 amide bonds. The van der Waals surface area contributed by atoms with E-state index in [-0.39, 0.29) is 35.3 Å². The molecule has 12 nitrogen and oxygen atoms in total. The van der Waals surface area contributed by atoms with Gasteiger partial charge in [-0.3, -0.25) is 14.3 Å². The van der Waals surface area contributed by atoms with E-state index in [4.69, 9.17) is 10.3 Å². The monoisotopic (exact) mass is 604 g/mol. The van der Waals surface area contributed by atoms with Crippen LogP contribution in [0, 0.1) is 5.82 Å². The van der Waals surface area contributed by atoms with Crippen LogP contribution in [0.25, 0.3) is 22.9 Å². The van der Waals surface area contributed by atoms with Crippen LogP contribution in [-0.4, -0.2) is 60.1 Å². The average molecular weight is 605 g/mol. The smallest absolute Gasteiger partial charge is 0.371 e. The summed E-state index contributed by atoms with van der Waals surface area (Å²) in [6, 6.07) is 9.08. The largest absolute Gasteiger partial charge is 0.428 e. The summed E-state index contributed by atoms with van der Waals surface area (Å²) in [5.74, 6) is -3.46. The van der Waals surface area contributed by atoms with Crippen molar-refractivity contribution in [1.82, 2.24) is 24.9 Å². The molecule has 1 aliphatic rings. The summed E-state index contributed by atoms with van der Waals surface area (Å²) in [6.45, 7) is 5.56. The molecule has 5 rings (SSSR count). The molecular weight excluding hydrogens is 576 g/mol. The second-order valence-corrected chi connectivity index (χ2v) is 9.82. The number of nitrogens with two attached hydrogens (primary N) is 1. The molecule has 0 saturated heterocycles. The van der Waals surface area contributed by atoms with Crippen LogP contribution in [0.3, 0.4) is 0 Å². The Bertz CT molecular complexity index is 1650. The van der Waals surface area contributed by atoms with Crippen LogP contribution in [0.5, 0.6) is 0 Å². The Kier molecular flexibility index (Phi) is 8.26. The maximum atomic E-state index is 14.4. The Hall–Kier alpha value is -4.86. The highest BCUT2D eigenvalue weighted by Gasteiger charge is 2.59. The lowest BCUT2D eigenvalue weighted by Crippen LogP contribution is -2.59. The second kappa shape index (κ2) is 11.4. The molecule has 5 N–H and O–H groups in total. The van der Waals surface area contributed by atoms with Crippen LogP contribution in [0.4, 0.5) is 29.2 Å².